The van der Waals surface area contributed by atoms with Crippen LogP contribution in [0.5, 0.6) is 0 Å². The number of hydrogen-bond acceptors (Lipinski definition) is 5. The molecule has 0 bridgehead atoms. The molecule has 1 atom stereocenters. The smallest absolute Gasteiger partial charge is 0.191 e. The Morgan fingerprint density at radius 2 is 1.89 bits per heavy atom. The zero-order valence-electron chi connectivity index (χ0n) is 20.1. The molecule has 1 fully saturated rings. The van der Waals surface area contributed by atoms with E-state index in [2.05, 4.69) is 73.0 Å². The fourth-order valence-corrected chi connectivity index (χ4v) is 6.47. The summed E-state index contributed by atoms with van der Waals surface area (Å²) in [6, 6.07) is 18.8. The summed E-state index contributed by atoms with van der Waals surface area (Å²) in [5, 5.41) is 16.5. The van der Waals surface area contributed by atoms with Gasteiger partial charge in [0, 0.05) is 40.7 Å². The van der Waals surface area contributed by atoms with Crippen LogP contribution in [-0.4, -0.2) is 42.2 Å². The molecule has 36 heavy (non-hydrogen) atoms. The lowest BCUT2D eigenvalue weighted by molar-refractivity contribution is 0.0953. The maximum atomic E-state index is 6.01. The topological polar surface area (TPSA) is 73.5 Å². The van der Waals surface area contributed by atoms with E-state index >= 15 is 0 Å². The van der Waals surface area contributed by atoms with Crippen LogP contribution < -0.4 is 0 Å². The van der Waals surface area contributed by atoms with Crippen LogP contribution in [0.2, 0.25) is 0 Å². The van der Waals surface area contributed by atoms with E-state index in [1.807, 2.05) is 12.3 Å². The Kier molecular flexibility index (Phi) is 5.63. The second kappa shape index (κ2) is 9.26. The van der Waals surface area contributed by atoms with Crippen LogP contribution in [0.4, 0.5) is 0 Å². The van der Waals surface area contributed by atoms with Crippen LogP contribution in [0.15, 0.2) is 66.0 Å². The number of fused-ring (bicyclic) bond motifs is 2. The lowest BCUT2D eigenvalue weighted by atomic mass is 10.1. The highest BCUT2D eigenvalue weighted by atomic mass is 32.2. The van der Waals surface area contributed by atoms with E-state index in [9.17, 15) is 0 Å². The number of ether oxygens (including phenoxy) is 1. The molecule has 182 valence electrons. The normalized spacial score (nSPS) is 17.3. The van der Waals surface area contributed by atoms with Crippen LogP contribution in [-0.2, 0) is 29.9 Å². The van der Waals surface area contributed by atoms with Crippen LogP contribution in [0, 0.1) is 0 Å². The van der Waals surface area contributed by atoms with E-state index in [4.69, 9.17) is 9.84 Å². The van der Waals surface area contributed by atoms with Crippen molar-refractivity contribution in [2.24, 2.45) is 0 Å². The SMILES string of the molecule is c1ccc(-n2nc(CSc3nnc(-c4c[nH]c5ccccc45)n3CC3CCCO3)c3c2CCC3)cc1. The fraction of sp³-hybridized carbons (Fsp3) is 0.321. The number of H-pyrrole nitrogens is 1. The molecule has 3 aromatic heterocycles. The summed E-state index contributed by atoms with van der Waals surface area (Å²) in [7, 11) is 0. The number of nitrogens with zero attached hydrogens (tertiary/aromatic N) is 5. The van der Waals surface area contributed by atoms with Crippen molar-refractivity contribution in [3.63, 3.8) is 0 Å². The van der Waals surface area contributed by atoms with Gasteiger partial charge >= 0.3 is 0 Å². The summed E-state index contributed by atoms with van der Waals surface area (Å²) in [4.78, 5) is 3.39. The fourth-order valence-electron chi connectivity index (χ4n) is 5.55. The van der Waals surface area contributed by atoms with Gasteiger partial charge in [0.05, 0.1) is 24.0 Å². The van der Waals surface area contributed by atoms with Gasteiger partial charge in [0.25, 0.3) is 0 Å². The molecule has 1 saturated heterocycles. The van der Waals surface area contributed by atoms with Gasteiger partial charge in [-0.3, -0.25) is 4.57 Å². The third-order valence-corrected chi connectivity index (χ3v) is 8.29. The van der Waals surface area contributed by atoms with Crippen molar-refractivity contribution < 1.29 is 4.74 Å². The predicted molar refractivity (Wildman–Crippen MR) is 141 cm³/mol. The average molecular weight is 497 g/mol. The number of nitrogens with one attached hydrogen (secondary N) is 1. The standard InChI is InChI=1S/C28H28N6OS/c1-2-8-19(9-3-1)34-26-14-6-12-22(26)25(32-34)18-36-28-31-30-27(33(28)17-20-10-7-15-35-20)23-16-29-24-13-5-4-11-21(23)24/h1-5,8-9,11,13,16,20,29H,6-7,10,12,14-15,17-18H2. The third kappa shape index (κ3) is 3.85. The summed E-state index contributed by atoms with van der Waals surface area (Å²) < 4.78 is 10.4. The Hall–Kier alpha value is -3.36. The summed E-state index contributed by atoms with van der Waals surface area (Å²) >= 11 is 1.73. The molecule has 0 saturated carbocycles. The minimum atomic E-state index is 0.200. The van der Waals surface area contributed by atoms with Crippen molar-refractivity contribution in [1.29, 1.82) is 0 Å². The number of hydrogen-bond donors (Lipinski definition) is 1. The molecule has 2 aromatic carbocycles. The molecule has 7 nitrogen and oxygen atoms in total. The van der Waals surface area contributed by atoms with Gasteiger partial charge in [0.15, 0.2) is 11.0 Å². The van der Waals surface area contributed by atoms with Gasteiger partial charge in [-0.05, 0) is 55.9 Å². The quantitative estimate of drug-likeness (QED) is 0.298. The molecule has 0 radical (unpaired) electrons. The maximum Gasteiger partial charge on any atom is 0.191 e. The lowest BCUT2D eigenvalue weighted by Crippen LogP contribution is -2.16. The summed E-state index contributed by atoms with van der Waals surface area (Å²) in [6.45, 7) is 1.60. The van der Waals surface area contributed by atoms with Gasteiger partial charge in [0.2, 0.25) is 0 Å². The monoisotopic (exact) mass is 496 g/mol. The Morgan fingerprint density at radius 1 is 1.00 bits per heavy atom. The van der Waals surface area contributed by atoms with Crippen molar-refractivity contribution in [1.82, 2.24) is 29.5 Å². The van der Waals surface area contributed by atoms with E-state index in [0.29, 0.717) is 0 Å². The molecule has 4 heterocycles. The zero-order valence-corrected chi connectivity index (χ0v) is 20.9. The maximum absolute atomic E-state index is 6.01. The third-order valence-electron chi connectivity index (χ3n) is 7.31. The van der Waals surface area contributed by atoms with Gasteiger partial charge in [-0.2, -0.15) is 5.10 Å². The van der Waals surface area contributed by atoms with Gasteiger partial charge in [0.1, 0.15) is 0 Å². The van der Waals surface area contributed by atoms with E-state index in [0.717, 1.165) is 83.4 Å². The predicted octanol–water partition coefficient (Wildman–Crippen LogP) is 5.57. The van der Waals surface area contributed by atoms with Crippen LogP contribution in [0.1, 0.15) is 36.2 Å². The minimum Gasteiger partial charge on any atom is -0.376 e. The number of benzene rings is 2. The number of aromatic amines is 1. The molecule has 1 unspecified atom stereocenters. The van der Waals surface area contributed by atoms with Crippen molar-refractivity contribution >= 4 is 22.7 Å². The second-order valence-electron chi connectivity index (χ2n) is 9.56. The molecule has 0 amide bonds. The van der Waals surface area contributed by atoms with Crippen molar-refractivity contribution in [2.45, 2.75) is 55.7 Å². The van der Waals surface area contributed by atoms with Gasteiger partial charge in [-0.15, -0.1) is 10.2 Å². The van der Waals surface area contributed by atoms with Crippen LogP contribution >= 0.6 is 11.8 Å². The molecule has 1 aliphatic carbocycles. The second-order valence-corrected chi connectivity index (χ2v) is 10.5. The lowest BCUT2D eigenvalue weighted by Gasteiger charge is -2.14. The van der Waals surface area contributed by atoms with E-state index < -0.39 is 0 Å². The van der Waals surface area contributed by atoms with E-state index in [1.54, 1.807) is 11.8 Å². The minimum absolute atomic E-state index is 0.200. The van der Waals surface area contributed by atoms with Crippen molar-refractivity contribution in [2.75, 3.05) is 6.61 Å². The zero-order chi connectivity index (χ0) is 23.9. The first kappa shape index (κ1) is 21.9. The Labute approximate surface area is 213 Å². The number of thioether (sulfide) groups is 1. The molecule has 8 heteroatoms. The first-order valence-corrected chi connectivity index (χ1v) is 13.7. The molecular weight excluding hydrogens is 468 g/mol. The first-order chi connectivity index (χ1) is 17.8. The van der Waals surface area contributed by atoms with Gasteiger partial charge < -0.3 is 9.72 Å². The first-order valence-electron chi connectivity index (χ1n) is 12.7. The molecule has 5 aromatic rings. The Morgan fingerprint density at radius 3 is 2.78 bits per heavy atom. The number of para-hydroxylation sites is 2. The van der Waals surface area contributed by atoms with Crippen LogP contribution in [0.3, 0.4) is 0 Å². The number of rotatable bonds is 7. The Bertz CT molecular complexity index is 1510. The van der Waals surface area contributed by atoms with Gasteiger partial charge in [-0.1, -0.05) is 48.2 Å². The van der Waals surface area contributed by atoms with Crippen molar-refractivity contribution in [3.05, 3.63) is 77.7 Å². The summed E-state index contributed by atoms with van der Waals surface area (Å²) in [5.74, 6) is 1.67. The average Bonchev–Trinajstić information content (AvgIpc) is 3.73. The molecule has 1 N–H and O–H groups in total. The Balaban J connectivity index is 1.22. The largest absolute Gasteiger partial charge is 0.376 e. The molecule has 7 rings (SSSR count). The highest BCUT2D eigenvalue weighted by Gasteiger charge is 2.26. The van der Waals surface area contributed by atoms with Crippen LogP contribution in [0.25, 0.3) is 28.0 Å². The highest BCUT2D eigenvalue weighted by Crippen LogP contribution is 2.34. The molecule has 2 aliphatic rings. The van der Waals surface area contributed by atoms with E-state index in [-0.39, 0.29) is 6.10 Å². The van der Waals surface area contributed by atoms with Gasteiger partial charge in [-0.25, -0.2) is 4.68 Å². The van der Waals surface area contributed by atoms with Crippen molar-refractivity contribution in [3.8, 4) is 17.1 Å². The summed E-state index contributed by atoms with van der Waals surface area (Å²) in [5.41, 5.74) is 7.25. The summed E-state index contributed by atoms with van der Waals surface area (Å²) in [6.07, 6.45) is 7.81. The number of aromatic nitrogens is 6. The molecule has 0 spiro atoms. The molecule has 1 aliphatic heterocycles. The van der Waals surface area contributed by atoms with E-state index in [1.165, 1.54) is 17.7 Å². The molecular formula is C28H28N6OS. The highest BCUT2D eigenvalue weighted by molar-refractivity contribution is 7.98.